The minimum absolute atomic E-state index is 0.0495. The van der Waals surface area contributed by atoms with Gasteiger partial charge in [-0.1, -0.05) is 40.2 Å². The van der Waals surface area contributed by atoms with E-state index in [0.717, 1.165) is 37.2 Å². The first-order valence-corrected chi connectivity index (χ1v) is 9.38. The van der Waals surface area contributed by atoms with Gasteiger partial charge in [0.2, 0.25) is 0 Å². The van der Waals surface area contributed by atoms with Crippen LogP contribution in [0.3, 0.4) is 0 Å². The summed E-state index contributed by atoms with van der Waals surface area (Å²) in [6.07, 6.45) is 0. The van der Waals surface area contributed by atoms with Gasteiger partial charge >= 0.3 is 0 Å². The Morgan fingerprint density at radius 2 is 1.68 bits per heavy atom. The minimum Gasteiger partial charge on any atom is -0.355 e. The quantitative estimate of drug-likeness (QED) is 0.390. The molecule has 3 nitrogen and oxygen atoms in total. The first kappa shape index (κ1) is 14.8. The molecule has 0 saturated carbocycles. The van der Waals surface area contributed by atoms with Crippen LogP contribution in [0, 0.1) is 0 Å². The van der Waals surface area contributed by atoms with E-state index in [9.17, 15) is 4.79 Å². The van der Waals surface area contributed by atoms with Gasteiger partial charge in [-0.25, -0.2) is 0 Å². The Morgan fingerprint density at radius 1 is 0.920 bits per heavy atom. The fraction of sp³-hybridized carbons (Fsp3) is 0. The molecular weight excluding hydrogens is 396 g/mol. The number of aromatic nitrogens is 1. The maximum Gasteiger partial charge on any atom is 0.196 e. The smallest absolute Gasteiger partial charge is 0.196 e. The molecule has 0 fully saturated rings. The van der Waals surface area contributed by atoms with Crippen molar-refractivity contribution in [2.45, 2.75) is 0 Å². The third kappa shape index (κ3) is 2.23. The van der Waals surface area contributed by atoms with Gasteiger partial charge in [-0.2, -0.15) is 4.37 Å². The van der Waals surface area contributed by atoms with Crippen molar-refractivity contribution < 1.29 is 4.79 Å². The lowest BCUT2D eigenvalue weighted by molar-refractivity contribution is 0.104. The van der Waals surface area contributed by atoms with Crippen LogP contribution in [0.15, 0.2) is 65.1 Å². The molecule has 0 spiro atoms. The fourth-order valence-electron chi connectivity index (χ4n) is 3.27. The number of rotatable bonds is 2. The van der Waals surface area contributed by atoms with Gasteiger partial charge in [0.15, 0.2) is 5.78 Å². The molecule has 4 aromatic rings. The van der Waals surface area contributed by atoms with E-state index in [1.807, 2.05) is 60.7 Å². The van der Waals surface area contributed by atoms with E-state index in [1.165, 1.54) is 11.5 Å². The van der Waals surface area contributed by atoms with E-state index in [1.54, 1.807) is 0 Å². The van der Waals surface area contributed by atoms with Crippen LogP contribution in [0.2, 0.25) is 0 Å². The van der Waals surface area contributed by atoms with Gasteiger partial charge in [0.25, 0.3) is 0 Å². The van der Waals surface area contributed by atoms with Crippen LogP contribution >= 0.6 is 27.5 Å². The topological polar surface area (TPSA) is 42.0 Å². The number of nitrogens with zero attached hydrogens (tertiary/aromatic N) is 1. The maximum absolute atomic E-state index is 13.2. The number of nitrogens with one attached hydrogen (secondary N) is 1. The predicted molar refractivity (Wildman–Crippen MR) is 106 cm³/mol. The lowest BCUT2D eigenvalue weighted by Gasteiger charge is -2.18. The highest BCUT2D eigenvalue weighted by Crippen LogP contribution is 2.43. The van der Waals surface area contributed by atoms with Crippen molar-refractivity contribution in [2.24, 2.45) is 0 Å². The Hall–Kier alpha value is -2.50. The summed E-state index contributed by atoms with van der Waals surface area (Å²) in [6, 6.07) is 19.6. The summed E-state index contributed by atoms with van der Waals surface area (Å²) in [4.78, 5) is 13.2. The van der Waals surface area contributed by atoms with Gasteiger partial charge in [0, 0.05) is 26.7 Å². The maximum atomic E-state index is 13.2. The lowest BCUT2D eigenvalue weighted by Crippen LogP contribution is -2.11. The van der Waals surface area contributed by atoms with Crippen molar-refractivity contribution in [3.05, 3.63) is 76.3 Å². The van der Waals surface area contributed by atoms with E-state index >= 15 is 0 Å². The molecule has 0 amide bonds. The third-order valence-corrected chi connectivity index (χ3v) is 5.76. The average molecular weight is 407 g/mol. The molecule has 5 rings (SSSR count). The Bertz CT molecular complexity index is 1150. The number of anilines is 2. The second-order valence-electron chi connectivity index (χ2n) is 5.90. The summed E-state index contributed by atoms with van der Waals surface area (Å²) >= 11 is 4.88. The van der Waals surface area contributed by atoms with Gasteiger partial charge in [-0.05, 0) is 47.9 Å². The summed E-state index contributed by atoms with van der Waals surface area (Å²) in [5.74, 6) is 0.0495. The molecule has 0 bridgehead atoms. The molecule has 5 heteroatoms. The van der Waals surface area contributed by atoms with Crippen molar-refractivity contribution in [2.75, 3.05) is 5.32 Å². The third-order valence-electron chi connectivity index (χ3n) is 4.42. The molecule has 0 saturated heterocycles. The second-order valence-corrected chi connectivity index (χ2v) is 7.62. The van der Waals surface area contributed by atoms with Gasteiger partial charge in [0.1, 0.15) is 0 Å². The highest BCUT2D eigenvalue weighted by atomic mass is 79.9. The summed E-state index contributed by atoms with van der Waals surface area (Å²) in [5, 5.41) is 4.34. The van der Waals surface area contributed by atoms with Crippen LogP contribution in [0.5, 0.6) is 0 Å². The standard InChI is InChI=1S/C20H11BrN2OS/c21-11-5-7-12(8-6-11)22-15-9-10-16-18-17(15)20(24)14-4-2-1-3-13(14)19(18)23-25-16/h1-10,22H. The number of hydrogen-bond donors (Lipinski definition) is 1. The van der Waals surface area contributed by atoms with E-state index in [2.05, 4.69) is 25.6 Å². The fourth-order valence-corrected chi connectivity index (χ4v) is 4.33. The zero-order valence-electron chi connectivity index (χ0n) is 12.9. The summed E-state index contributed by atoms with van der Waals surface area (Å²) < 4.78 is 6.67. The average Bonchev–Trinajstić information content (AvgIpc) is 3.07. The van der Waals surface area contributed by atoms with Crippen LogP contribution < -0.4 is 5.32 Å². The van der Waals surface area contributed by atoms with Crippen molar-refractivity contribution in [1.29, 1.82) is 0 Å². The zero-order chi connectivity index (χ0) is 17.0. The molecule has 1 heterocycles. The minimum atomic E-state index is 0.0495. The number of halogens is 1. The molecule has 0 radical (unpaired) electrons. The Balaban J connectivity index is 1.75. The Kier molecular flexibility index (Phi) is 3.26. The number of carbonyl (C=O) groups excluding carboxylic acids is 1. The number of ketones is 1. The normalized spacial score (nSPS) is 12.3. The monoisotopic (exact) mass is 406 g/mol. The van der Waals surface area contributed by atoms with Gasteiger partial charge < -0.3 is 5.32 Å². The van der Waals surface area contributed by atoms with Crippen molar-refractivity contribution in [3.63, 3.8) is 0 Å². The van der Waals surface area contributed by atoms with Crippen molar-refractivity contribution in [3.8, 4) is 11.3 Å². The highest BCUT2D eigenvalue weighted by molar-refractivity contribution is 9.10. The molecule has 0 aliphatic heterocycles. The molecule has 120 valence electrons. The number of carbonyl (C=O) groups is 1. The van der Waals surface area contributed by atoms with E-state index in [4.69, 9.17) is 0 Å². The second kappa shape index (κ2) is 5.51. The molecule has 0 unspecified atom stereocenters. The van der Waals surface area contributed by atoms with Crippen LogP contribution in [-0.2, 0) is 0 Å². The first-order valence-electron chi connectivity index (χ1n) is 7.81. The lowest BCUT2D eigenvalue weighted by atomic mass is 9.86. The molecule has 1 aliphatic rings. The molecule has 1 aromatic heterocycles. The number of hydrogen-bond acceptors (Lipinski definition) is 4. The van der Waals surface area contributed by atoms with Crippen molar-refractivity contribution >= 4 is 54.7 Å². The van der Waals surface area contributed by atoms with Gasteiger partial charge in [0.05, 0.1) is 21.6 Å². The van der Waals surface area contributed by atoms with Gasteiger partial charge in [-0.3, -0.25) is 4.79 Å². The Labute approximate surface area is 156 Å². The summed E-state index contributed by atoms with van der Waals surface area (Å²) in [5.41, 5.74) is 5.01. The predicted octanol–water partition coefficient (Wildman–Crippen LogP) is 6.01. The Morgan fingerprint density at radius 3 is 2.48 bits per heavy atom. The molecule has 25 heavy (non-hydrogen) atoms. The van der Waals surface area contributed by atoms with Gasteiger partial charge in [-0.15, -0.1) is 0 Å². The first-order chi connectivity index (χ1) is 12.2. The molecule has 3 aromatic carbocycles. The zero-order valence-corrected chi connectivity index (χ0v) is 15.3. The highest BCUT2D eigenvalue weighted by Gasteiger charge is 2.29. The number of benzene rings is 3. The van der Waals surface area contributed by atoms with E-state index < -0.39 is 0 Å². The van der Waals surface area contributed by atoms with Crippen LogP contribution in [0.4, 0.5) is 11.4 Å². The summed E-state index contributed by atoms with van der Waals surface area (Å²) in [7, 11) is 0. The number of fused-ring (bicyclic) bond motifs is 2. The summed E-state index contributed by atoms with van der Waals surface area (Å²) in [6.45, 7) is 0. The van der Waals surface area contributed by atoms with Crippen LogP contribution in [-0.4, -0.2) is 10.2 Å². The molecular formula is C20H11BrN2OS. The van der Waals surface area contributed by atoms with E-state index in [0.29, 0.717) is 11.1 Å². The SMILES string of the molecule is O=C1c2ccccc2-c2nsc3ccc(Nc4ccc(Br)cc4)c1c23. The molecule has 1 aliphatic carbocycles. The molecule has 1 N–H and O–H groups in total. The van der Waals surface area contributed by atoms with Crippen LogP contribution in [0.1, 0.15) is 15.9 Å². The molecule has 0 atom stereocenters. The van der Waals surface area contributed by atoms with Crippen molar-refractivity contribution in [1.82, 2.24) is 4.37 Å². The van der Waals surface area contributed by atoms with E-state index in [-0.39, 0.29) is 5.78 Å². The largest absolute Gasteiger partial charge is 0.355 e. The van der Waals surface area contributed by atoms with Crippen LogP contribution in [0.25, 0.3) is 21.3 Å².